The predicted octanol–water partition coefficient (Wildman–Crippen LogP) is 2.12. The Morgan fingerprint density at radius 2 is 1.88 bits per heavy atom. The molecule has 0 atom stereocenters. The van der Waals surface area contributed by atoms with Gasteiger partial charge in [-0.2, -0.15) is 0 Å². The van der Waals surface area contributed by atoms with Gasteiger partial charge in [0, 0.05) is 37.3 Å². The van der Waals surface area contributed by atoms with Crippen LogP contribution in [0.1, 0.15) is 41.5 Å². The summed E-state index contributed by atoms with van der Waals surface area (Å²) in [5, 5.41) is 3.60. The van der Waals surface area contributed by atoms with E-state index in [1.54, 1.807) is 0 Å². The molecule has 0 bridgehead atoms. The summed E-state index contributed by atoms with van der Waals surface area (Å²) in [6, 6.07) is 0. The van der Waals surface area contributed by atoms with Gasteiger partial charge in [0.15, 0.2) is 0 Å². The Hall–Kier alpha value is -0.120. The van der Waals surface area contributed by atoms with Crippen molar-refractivity contribution >= 4 is 0 Å². The number of nitrogens with one attached hydrogen (secondary N) is 1. The van der Waals surface area contributed by atoms with Gasteiger partial charge in [0.1, 0.15) is 0 Å². The second-order valence-electron chi connectivity index (χ2n) is 6.94. The molecule has 0 aromatic heterocycles. The van der Waals surface area contributed by atoms with Crippen LogP contribution in [0.25, 0.3) is 0 Å². The van der Waals surface area contributed by atoms with Gasteiger partial charge in [-0.25, -0.2) is 0 Å². The topological polar surface area (TPSA) is 24.5 Å². The molecule has 17 heavy (non-hydrogen) atoms. The van der Waals surface area contributed by atoms with Gasteiger partial charge in [-0.15, -0.1) is 0 Å². The van der Waals surface area contributed by atoms with Gasteiger partial charge >= 0.3 is 0 Å². The molecule has 0 aromatic carbocycles. The van der Waals surface area contributed by atoms with Gasteiger partial charge < -0.3 is 10.1 Å². The number of hydrogen-bond donors (Lipinski definition) is 1. The van der Waals surface area contributed by atoms with Crippen molar-refractivity contribution in [3.63, 3.8) is 0 Å². The van der Waals surface area contributed by atoms with Gasteiger partial charge in [0.05, 0.1) is 6.61 Å². The Balaban J connectivity index is 2.38. The molecule has 1 aliphatic rings. The molecule has 3 heteroatoms. The fourth-order valence-electron chi connectivity index (χ4n) is 2.19. The third-order valence-electron chi connectivity index (χ3n) is 3.40. The first-order chi connectivity index (χ1) is 7.73. The molecule has 3 nitrogen and oxygen atoms in total. The highest BCUT2D eigenvalue weighted by Gasteiger charge is 2.37. The zero-order valence-corrected chi connectivity index (χ0v) is 12.5. The SMILES string of the molecule is CC(C)COCCN1CC(C)(C)NCC1(C)C. The van der Waals surface area contributed by atoms with E-state index in [2.05, 4.69) is 51.8 Å². The summed E-state index contributed by atoms with van der Waals surface area (Å²) in [6.45, 7) is 18.4. The van der Waals surface area contributed by atoms with E-state index < -0.39 is 0 Å². The lowest BCUT2D eigenvalue weighted by molar-refractivity contribution is 0.00685. The van der Waals surface area contributed by atoms with E-state index in [0.29, 0.717) is 5.92 Å². The van der Waals surface area contributed by atoms with E-state index in [0.717, 1.165) is 32.8 Å². The quantitative estimate of drug-likeness (QED) is 0.747. The molecule has 1 heterocycles. The lowest BCUT2D eigenvalue weighted by atomic mass is 9.91. The first-order valence-corrected chi connectivity index (χ1v) is 6.81. The molecule has 0 saturated carbocycles. The van der Waals surface area contributed by atoms with Gasteiger partial charge in [-0.05, 0) is 33.6 Å². The van der Waals surface area contributed by atoms with Crippen LogP contribution in [0, 0.1) is 5.92 Å². The minimum atomic E-state index is 0.216. The third kappa shape index (κ3) is 4.94. The molecule has 0 unspecified atom stereocenters. The molecule has 1 saturated heterocycles. The van der Waals surface area contributed by atoms with Crippen molar-refractivity contribution in [2.24, 2.45) is 5.92 Å². The first-order valence-electron chi connectivity index (χ1n) is 6.81. The summed E-state index contributed by atoms with van der Waals surface area (Å²) in [4.78, 5) is 2.55. The van der Waals surface area contributed by atoms with Crippen molar-refractivity contribution < 1.29 is 4.74 Å². The molecule has 102 valence electrons. The largest absolute Gasteiger partial charge is 0.380 e. The monoisotopic (exact) mass is 242 g/mol. The Bertz CT molecular complexity index is 236. The number of piperazine rings is 1. The van der Waals surface area contributed by atoms with Crippen LogP contribution in [0.2, 0.25) is 0 Å². The van der Waals surface area contributed by atoms with Crippen molar-refractivity contribution in [1.82, 2.24) is 10.2 Å². The average molecular weight is 242 g/mol. The van der Waals surface area contributed by atoms with E-state index in [1.165, 1.54) is 0 Å². The number of hydrogen-bond acceptors (Lipinski definition) is 3. The molecule has 1 rings (SSSR count). The fraction of sp³-hybridized carbons (Fsp3) is 1.00. The van der Waals surface area contributed by atoms with Crippen LogP contribution in [0.15, 0.2) is 0 Å². The second kappa shape index (κ2) is 5.68. The van der Waals surface area contributed by atoms with Crippen molar-refractivity contribution in [3.05, 3.63) is 0 Å². The first kappa shape index (κ1) is 14.9. The van der Waals surface area contributed by atoms with Crippen LogP contribution in [0.5, 0.6) is 0 Å². The van der Waals surface area contributed by atoms with Crippen molar-refractivity contribution in [3.8, 4) is 0 Å². The van der Waals surface area contributed by atoms with Gasteiger partial charge in [-0.1, -0.05) is 13.8 Å². The number of nitrogens with zero attached hydrogens (tertiary/aromatic N) is 1. The van der Waals surface area contributed by atoms with Crippen LogP contribution in [0.4, 0.5) is 0 Å². The summed E-state index contributed by atoms with van der Waals surface area (Å²) in [7, 11) is 0. The van der Waals surface area contributed by atoms with Crippen LogP contribution in [-0.4, -0.2) is 48.8 Å². The van der Waals surface area contributed by atoms with E-state index in [1.807, 2.05) is 0 Å². The number of ether oxygens (including phenoxy) is 1. The smallest absolute Gasteiger partial charge is 0.0593 e. The van der Waals surface area contributed by atoms with Gasteiger partial charge in [0.25, 0.3) is 0 Å². The molecule has 1 fully saturated rings. The Morgan fingerprint density at radius 3 is 2.47 bits per heavy atom. The Labute approximate surface area is 107 Å². The second-order valence-corrected chi connectivity index (χ2v) is 6.94. The predicted molar refractivity (Wildman–Crippen MR) is 73.4 cm³/mol. The van der Waals surface area contributed by atoms with E-state index in [-0.39, 0.29) is 11.1 Å². The molecular weight excluding hydrogens is 212 g/mol. The normalized spacial score (nSPS) is 24.2. The summed E-state index contributed by atoms with van der Waals surface area (Å²) in [5.74, 6) is 0.627. The molecule has 0 aliphatic carbocycles. The molecule has 0 amide bonds. The standard InChI is InChI=1S/C14H30N2O/c1-12(2)9-17-8-7-16-11-13(3,4)15-10-14(16,5)6/h12,15H,7-11H2,1-6H3. The lowest BCUT2D eigenvalue weighted by Gasteiger charge is -2.49. The van der Waals surface area contributed by atoms with Crippen molar-refractivity contribution in [1.29, 1.82) is 0 Å². The molecule has 1 aliphatic heterocycles. The van der Waals surface area contributed by atoms with Crippen LogP contribution >= 0.6 is 0 Å². The van der Waals surface area contributed by atoms with E-state index in [4.69, 9.17) is 4.74 Å². The third-order valence-corrected chi connectivity index (χ3v) is 3.40. The minimum Gasteiger partial charge on any atom is -0.380 e. The van der Waals surface area contributed by atoms with Crippen LogP contribution < -0.4 is 5.32 Å². The van der Waals surface area contributed by atoms with Gasteiger partial charge in [0.2, 0.25) is 0 Å². The molecular formula is C14H30N2O. The zero-order valence-electron chi connectivity index (χ0n) is 12.5. The summed E-state index contributed by atoms with van der Waals surface area (Å²) < 4.78 is 5.70. The molecule has 0 aromatic rings. The molecule has 1 N–H and O–H groups in total. The number of rotatable bonds is 5. The highest BCUT2D eigenvalue weighted by Crippen LogP contribution is 2.22. The summed E-state index contributed by atoms with van der Waals surface area (Å²) in [5.41, 5.74) is 0.449. The average Bonchev–Trinajstić information content (AvgIpc) is 2.18. The Kier molecular flexibility index (Phi) is 4.99. The Morgan fingerprint density at radius 1 is 1.24 bits per heavy atom. The fourth-order valence-corrected chi connectivity index (χ4v) is 2.19. The maximum Gasteiger partial charge on any atom is 0.0593 e. The zero-order chi connectivity index (χ0) is 13.1. The maximum atomic E-state index is 5.70. The van der Waals surface area contributed by atoms with Gasteiger partial charge in [-0.3, -0.25) is 4.90 Å². The highest BCUT2D eigenvalue weighted by molar-refractivity contribution is 4.97. The highest BCUT2D eigenvalue weighted by atomic mass is 16.5. The van der Waals surface area contributed by atoms with E-state index >= 15 is 0 Å². The van der Waals surface area contributed by atoms with E-state index in [9.17, 15) is 0 Å². The van der Waals surface area contributed by atoms with Crippen molar-refractivity contribution in [2.45, 2.75) is 52.6 Å². The summed E-state index contributed by atoms with van der Waals surface area (Å²) in [6.07, 6.45) is 0. The maximum absolute atomic E-state index is 5.70. The molecule has 0 radical (unpaired) electrons. The lowest BCUT2D eigenvalue weighted by Crippen LogP contribution is -2.66. The summed E-state index contributed by atoms with van der Waals surface area (Å²) >= 11 is 0. The minimum absolute atomic E-state index is 0.216. The molecule has 0 spiro atoms. The van der Waals surface area contributed by atoms with Crippen molar-refractivity contribution in [2.75, 3.05) is 32.8 Å². The van der Waals surface area contributed by atoms with Crippen LogP contribution in [-0.2, 0) is 4.74 Å². The van der Waals surface area contributed by atoms with Crippen LogP contribution in [0.3, 0.4) is 0 Å².